The fraction of sp³-hybridized carbons (Fsp3) is 0.500. The fourth-order valence-electron chi connectivity index (χ4n) is 2.09. The van der Waals surface area contributed by atoms with Crippen LogP contribution in [0.25, 0.3) is 0 Å². The standard InChI is InChI=1S/C14H20N2O4/c1-4-8-14(3,18)9-15-13(17)12-10(2)6-5-7-11(12)16(19)20/h5-7,18H,4,8-9H2,1-3H3,(H,15,17). The van der Waals surface area contributed by atoms with E-state index in [-0.39, 0.29) is 17.8 Å². The summed E-state index contributed by atoms with van der Waals surface area (Å²) in [5.41, 5.74) is -0.656. The summed E-state index contributed by atoms with van der Waals surface area (Å²) in [5.74, 6) is -0.536. The van der Waals surface area contributed by atoms with Crippen LogP contribution >= 0.6 is 0 Å². The maximum absolute atomic E-state index is 12.1. The molecule has 1 aromatic carbocycles. The Labute approximate surface area is 118 Å². The van der Waals surface area contributed by atoms with Crippen LogP contribution in [0.2, 0.25) is 0 Å². The van der Waals surface area contributed by atoms with Gasteiger partial charge in [-0.25, -0.2) is 0 Å². The van der Waals surface area contributed by atoms with Crippen LogP contribution in [0.4, 0.5) is 5.69 Å². The van der Waals surface area contributed by atoms with Gasteiger partial charge in [-0.05, 0) is 25.8 Å². The lowest BCUT2D eigenvalue weighted by Crippen LogP contribution is -2.40. The van der Waals surface area contributed by atoms with Crippen LogP contribution in [0.15, 0.2) is 18.2 Å². The molecule has 0 spiro atoms. The number of benzene rings is 1. The van der Waals surface area contributed by atoms with Crippen molar-refractivity contribution in [1.82, 2.24) is 5.32 Å². The van der Waals surface area contributed by atoms with Gasteiger partial charge in [-0.1, -0.05) is 25.5 Å². The minimum absolute atomic E-state index is 0.0461. The molecule has 6 nitrogen and oxygen atoms in total. The molecule has 110 valence electrons. The highest BCUT2D eigenvalue weighted by Gasteiger charge is 2.25. The molecule has 0 fully saturated rings. The van der Waals surface area contributed by atoms with Crippen LogP contribution in [-0.4, -0.2) is 28.1 Å². The van der Waals surface area contributed by atoms with Gasteiger partial charge in [0.1, 0.15) is 5.56 Å². The fourth-order valence-corrected chi connectivity index (χ4v) is 2.09. The van der Waals surface area contributed by atoms with Crippen molar-refractivity contribution in [3.63, 3.8) is 0 Å². The number of nitro benzene ring substituents is 1. The first-order valence-corrected chi connectivity index (χ1v) is 6.53. The number of amides is 1. The van der Waals surface area contributed by atoms with Gasteiger partial charge in [-0.2, -0.15) is 0 Å². The molecular formula is C14H20N2O4. The van der Waals surface area contributed by atoms with Gasteiger partial charge < -0.3 is 10.4 Å². The molecule has 2 N–H and O–H groups in total. The molecule has 1 amide bonds. The SMILES string of the molecule is CCCC(C)(O)CNC(=O)c1c(C)cccc1[N+](=O)[O-]. The van der Waals surface area contributed by atoms with Gasteiger partial charge in [-0.15, -0.1) is 0 Å². The van der Waals surface area contributed by atoms with E-state index in [1.807, 2.05) is 6.92 Å². The third kappa shape index (κ3) is 4.03. The van der Waals surface area contributed by atoms with E-state index in [0.29, 0.717) is 12.0 Å². The summed E-state index contributed by atoms with van der Waals surface area (Å²) in [6, 6.07) is 4.48. The Morgan fingerprint density at radius 2 is 2.15 bits per heavy atom. The van der Waals surface area contributed by atoms with E-state index >= 15 is 0 Å². The van der Waals surface area contributed by atoms with Crippen molar-refractivity contribution in [2.45, 2.75) is 39.2 Å². The second-order valence-electron chi connectivity index (χ2n) is 5.16. The van der Waals surface area contributed by atoms with E-state index in [1.54, 1.807) is 19.9 Å². The Balaban J connectivity index is 2.91. The van der Waals surface area contributed by atoms with E-state index in [9.17, 15) is 20.0 Å². The van der Waals surface area contributed by atoms with Crippen molar-refractivity contribution in [3.05, 3.63) is 39.4 Å². The first kappa shape index (κ1) is 16.1. The molecule has 0 aliphatic rings. The number of hydrogen-bond donors (Lipinski definition) is 2. The average Bonchev–Trinajstić information content (AvgIpc) is 2.35. The summed E-state index contributed by atoms with van der Waals surface area (Å²) in [5, 5.41) is 23.5. The molecule has 0 saturated heterocycles. The minimum Gasteiger partial charge on any atom is -0.388 e. The summed E-state index contributed by atoms with van der Waals surface area (Å²) in [4.78, 5) is 22.5. The van der Waals surface area contributed by atoms with Crippen LogP contribution in [0, 0.1) is 17.0 Å². The van der Waals surface area contributed by atoms with Gasteiger partial charge in [0.05, 0.1) is 10.5 Å². The zero-order chi connectivity index (χ0) is 15.3. The van der Waals surface area contributed by atoms with E-state index in [4.69, 9.17) is 0 Å². The number of carbonyl (C=O) groups excluding carboxylic acids is 1. The van der Waals surface area contributed by atoms with Crippen LogP contribution in [-0.2, 0) is 0 Å². The molecule has 0 heterocycles. The van der Waals surface area contributed by atoms with Crippen LogP contribution in [0.5, 0.6) is 0 Å². The molecule has 0 aliphatic heterocycles. The third-order valence-corrected chi connectivity index (χ3v) is 3.09. The molecule has 0 aliphatic carbocycles. The predicted octanol–water partition coefficient (Wildman–Crippen LogP) is 2.18. The number of nitrogens with zero attached hydrogens (tertiary/aromatic N) is 1. The number of aliphatic hydroxyl groups is 1. The lowest BCUT2D eigenvalue weighted by Gasteiger charge is -2.23. The molecular weight excluding hydrogens is 260 g/mol. The van der Waals surface area contributed by atoms with E-state index in [1.165, 1.54) is 12.1 Å². The zero-order valence-electron chi connectivity index (χ0n) is 12.0. The van der Waals surface area contributed by atoms with Gasteiger partial charge in [0.2, 0.25) is 0 Å². The van der Waals surface area contributed by atoms with Crippen molar-refractivity contribution >= 4 is 11.6 Å². The molecule has 0 aromatic heterocycles. The highest BCUT2D eigenvalue weighted by Crippen LogP contribution is 2.22. The van der Waals surface area contributed by atoms with Crippen LogP contribution in [0.3, 0.4) is 0 Å². The molecule has 1 unspecified atom stereocenters. The first-order chi connectivity index (χ1) is 9.28. The third-order valence-electron chi connectivity index (χ3n) is 3.09. The predicted molar refractivity (Wildman–Crippen MR) is 75.7 cm³/mol. The molecule has 1 rings (SSSR count). The largest absolute Gasteiger partial charge is 0.388 e. The number of carbonyl (C=O) groups is 1. The maximum atomic E-state index is 12.1. The monoisotopic (exact) mass is 280 g/mol. The van der Waals surface area contributed by atoms with Crippen molar-refractivity contribution < 1.29 is 14.8 Å². The first-order valence-electron chi connectivity index (χ1n) is 6.53. The van der Waals surface area contributed by atoms with Crippen LogP contribution < -0.4 is 5.32 Å². The Morgan fingerprint density at radius 1 is 1.50 bits per heavy atom. The number of nitro groups is 1. The Bertz CT molecular complexity index is 512. The Morgan fingerprint density at radius 3 is 2.70 bits per heavy atom. The summed E-state index contributed by atoms with van der Waals surface area (Å²) in [6.07, 6.45) is 1.33. The van der Waals surface area contributed by atoms with Crippen molar-refractivity contribution in [2.24, 2.45) is 0 Å². The molecule has 0 bridgehead atoms. The van der Waals surface area contributed by atoms with E-state index in [2.05, 4.69) is 5.32 Å². The molecule has 0 saturated carbocycles. The lowest BCUT2D eigenvalue weighted by molar-refractivity contribution is -0.385. The smallest absolute Gasteiger partial charge is 0.282 e. The highest BCUT2D eigenvalue weighted by molar-refractivity contribution is 5.99. The number of aryl methyl sites for hydroxylation is 1. The summed E-state index contributed by atoms with van der Waals surface area (Å²) in [7, 11) is 0. The van der Waals surface area contributed by atoms with Crippen LogP contribution in [0.1, 0.15) is 42.6 Å². The summed E-state index contributed by atoms with van der Waals surface area (Å²) >= 11 is 0. The summed E-state index contributed by atoms with van der Waals surface area (Å²) in [6.45, 7) is 5.27. The van der Waals surface area contributed by atoms with Crippen molar-refractivity contribution in [2.75, 3.05) is 6.54 Å². The Kier molecular flexibility index (Phi) is 5.21. The highest BCUT2D eigenvalue weighted by atomic mass is 16.6. The molecule has 1 atom stereocenters. The topological polar surface area (TPSA) is 92.5 Å². The summed E-state index contributed by atoms with van der Waals surface area (Å²) < 4.78 is 0. The Hall–Kier alpha value is -1.95. The second-order valence-corrected chi connectivity index (χ2v) is 5.16. The number of rotatable bonds is 6. The molecule has 1 aromatic rings. The lowest BCUT2D eigenvalue weighted by atomic mass is 10.00. The van der Waals surface area contributed by atoms with Gasteiger partial charge >= 0.3 is 0 Å². The van der Waals surface area contributed by atoms with Gasteiger partial charge in [0, 0.05) is 12.6 Å². The van der Waals surface area contributed by atoms with Gasteiger partial charge in [0.15, 0.2) is 0 Å². The minimum atomic E-state index is -1.01. The zero-order valence-corrected chi connectivity index (χ0v) is 12.0. The quantitative estimate of drug-likeness (QED) is 0.617. The van der Waals surface area contributed by atoms with Gasteiger partial charge in [-0.3, -0.25) is 14.9 Å². The maximum Gasteiger partial charge on any atom is 0.282 e. The molecule has 0 radical (unpaired) electrons. The molecule has 20 heavy (non-hydrogen) atoms. The number of nitrogens with one attached hydrogen (secondary N) is 1. The molecule has 6 heteroatoms. The number of hydrogen-bond acceptors (Lipinski definition) is 4. The van der Waals surface area contributed by atoms with E-state index < -0.39 is 16.4 Å². The van der Waals surface area contributed by atoms with Crippen molar-refractivity contribution in [1.29, 1.82) is 0 Å². The van der Waals surface area contributed by atoms with E-state index in [0.717, 1.165) is 6.42 Å². The second kappa shape index (κ2) is 6.47. The average molecular weight is 280 g/mol. The van der Waals surface area contributed by atoms with Gasteiger partial charge in [0.25, 0.3) is 11.6 Å². The normalized spacial score (nSPS) is 13.6. The van der Waals surface area contributed by atoms with Crippen molar-refractivity contribution in [3.8, 4) is 0 Å².